The summed E-state index contributed by atoms with van der Waals surface area (Å²) in [5.74, 6) is 1.91. The van der Waals surface area contributed by atoms with E-state index in [0.717, 1.165) is 20.0 Å². The van der Waals surface area contributed by atoms with Crippen LogP contribution in [0.5, 0.6) is 40.2 Å². The summed E-state index contributed by atoms with van der Waals surface area (Å²) >= 11 is 0. The monoisotopic (exact) mass is 1960 g/mol. The number of hydrogen-bond donors (Lipinski definition) is 7. The first-order valence-electron chi connectivity index (χ1n) is 42.9. The van der Waals surface area contributed by atoms with Crippen molar-refractivity contribution in [1.82, 2.24) is 41.1 Å². The van der Waals surface area contributed by atoms with Gasteiger partial charge in [0.25, 0.3) is 12.2 Å². The van der Waals surface area contributed by atoms with Gasteiger partial charge in [0.15, 0.2) is 0 Å². The van der Waals surface area contributed by atoms with Gasteiger partial charge < -0.3 is 83.2 Å². The molecule has 143 heavy (non-hydrogen) atoms. The van der Waals surface area contributed by atoms with Crippen molar-refractivity contribution in [3.63, 3.8) is 0 Å². The van der Waals surface area contributed by atoms with Crippen molar-refractivity contribution in [1.29, 1.82) is 31.6 Å². The fourth-order valence-electron chi connectivity index (χ4n) is 12.6. The van der Waals surface area contributed by atoms with Crippen LogP contribution in [0.1, 0.15) is 58.1 Å². The minimum absolute atomic E-state index is 0.0139. The zero-order valence-corrected chi connectivity index (χ0v) is 75.6. The molecular formula is C97H89N17O29. The third kappa shape index (κ3) is 33.9. The molecule has 9 atom stereocenters. The molecule has 0 aliphatic carbocycles. The minimum atomic E-state index is -1.49. The number of phenols is 1. The van der Waals surface area contributed by atoms with Crippen molar-refractivity contribution < 1.29 is 97.6 Å². The van der Waals surface area contributed by atoms with E-state index in [4.69, 9.17) is 92.5 Å². The van der Waals surface area contributed by atoms with Crippen molar-refractivity contribution in [3.8, 4) is 76.7 Å². The van der Waals surface area contributed by atoms with E-state index < -0.39 is 147 Å². The topological polar surface area (TPSA) is 652 Å². The maximum absolute atomic E-state index is 13.6. The van der Waals surface area contributed by atoms with Gasteiger partial charge in [-0.3, -0.25) is 19.2 Å². The molecule has 3 fully saturated rings. The lowest BCUT2D eigenvalue weighted by Crippen LogP contribution is -2.57. The van der Waals surface area contributed by atoms with Crippen LogP contribution in [0.2, 0.25) is 0 Å². The summed E-state index contributed by atoms with van der Waals surface area (Å²) in [6.45, 7) is 8.85. The molecule has 736 valence electrons. The molecule has 9 unspecified atom stereocenters. The molecular weight excluding hydrogens is 1870 g/mol. The highest BCUT2D eigenvalue weighted by atomic mass is 16.6. The Morgan fingerprint density at radius 3 is 0.685 bits per heavy atom. The zero-order chi connectivity index (χ0) is 104. The molecule has 7 N–H and O–H groups in total. The van der Waals surface area contributed by atoms with Gasteiger partial charge in [-0.2, -0.15) is 26.3 Å². The van der Waals surface area contributed by atoms with E-state index in [-0.39, 0.29) is 104 Å². The zero-order valence-electron chi connectivity index (χ0n) is 75.6. The molecule has 0 amide bonds. The lowest BCUT2D eigenvalue weighted by molar-refractivity contribution is 0.0746. The molecule has 7 aromatic carbocycles. The number of rotatable bonds is 43. The number of aromatic hydroxyl groups is 1. The number of carbonyl (C=O) groups excluding carboxylic acids is 4. The normalized spacial score (nSPS) is 14.4. The number of aromatic nitrogens is 9. The number of phenolic OH excluding ortho intramolecular Hbond substituents is 1. The van der Waals surface area contributed by atoms with Gasteiger partial charge >= 0.3 is 51.2 Å². The molecule has 0 radical (unpaired) electrons. The van der Waals surface area contributed by atoms with Gasteiger partial charge in [-0.1, -0.05) is 36.4 Å². The first-order chi connectivity index (χ1) is 68.9. The second kappa shape index (κ2) is 54.7. The van der Waals surface area contributed by atoms with E-state index in [1.165, 1.54) is 140 Å². The SMILES string of the molecule is O=Cc1ccc(O)cc1.O=Cc1ccc(OCC(O)Cn2c(=O)n(CC(O)COc3ccc(C=O)cc3)c(=O)n(CC(O)COc3ccc(C=O)cc3)c2=O)cc1.O=c1n(CC2CO2)c(=O)n(CC2CO2)c(=O)n1CC1CO1.[C-]#[N+]/C(C#N)=C/c1ccc(OCC(O)Cn2c(=O)n(CC(O)COc3ccc(C=C(C#N)C#N)cc3)c(=O)n(CC(O)COc3ccc(C=C(C#N)C#N)cc3)c2=O)cc1.[C-]#[N+]CC#N. The maximum Gasteiger partial charge on any atom is 0.336 e. The Morgan fingerprint density at radius 2 is 0.517 bits per heavy atom. The largest absolute Gasteiger partial charge is 0.508 e. The Balaban J connectivity index is 0.000000240. The number of aldehydes is 4. The molecule has 10 aromatic rings. The van der Waals surface area contributed by atoms with E-state index in [0.29, 0.717) is 122 Å². The number of benzene rings is 7. The number of carbonyl (C=O) groups is 4. The Kier molecular flexibility index (Phi) is 41.5. The third-order valence-corrected chi connectivity index (χ3v) is 20.0. The highest BCUT2D eigenvalue weighted by molar-refractivity contribution is 5.76. The first-order valence-corrected chi connectivity index (χ1v) is 42.9. The molecule has 6 heterocycles. The van der Waals surface area contributed by atoms with Gasteiger partial charge in [0, 0.05) is 22.3 Å². The highest BCUT2D eigenvalue weighted by Gasteiger charge is 2.33. The number of nitriles is 6. The second-order valence-corrected chi connectivity index (χ2v) is 31.0. The number of ether oxygens (including phenoxy) is 9. The molecule has 3 saturated heterocycles. The highest BCUT2D eigenvalue weighted by Crippen LogP contribution is 2.22. The van der Waals surface area contributed by atoms with Gasteiger partial charge in [0.1, 0.15) is 183 Å². The summed E-state index contributed by atoms with van der Waals surface area (Å²) in [4.78, 5) is 167. The van der Waals surface area contributed by atoms with Gasteiger partial charge in [-0.15, -0.1) is 0 Å². The third-order valence-electron chi connectivity index (χ3n) is 20.0. The number of nitrogens with zero attached hydrogens (tertiary/aromatic N) is 17. The quantitative estimate of drug-likeness (QED) is 0.00924. The summed E-state index contributed by atoms with van der Waals surface area (Å²) in [6, 6.07) is 52.9. The van der Waals surface area contributed by atoms with Crippen molar-refractivity contribution in [2.24, 2.45) is 0 Å². The van der Waals surface area contributed by atoms with Gasteiger partial charge in [0.05, 0.1) is 110 Å². The maximum atomic E-state index is 13.6. The number of hydrogen-bond acceptors (Lipinski definition) is 35. The Bertz CT molecular complexity index is 6410. The summed E-state index contributed by atoms with van der Waals surface area (Å²) < 4.78 is 55.2. The summed E-state index contributed by atoms with van der Waals surface area (Å²) in [6.07, 6.45) is -2.35. The number of epoxide rings is 3. The van der Waals surface area contributed by atoms with Gasteiger partial charge in [0.2, 0.25) is 0 Å². The summed E-state index contributed by atoms with van der Waals surface area (Å²) in [5.41, 5.74) is -5.67. The minimum Gasteiger partial charge on any atom is -0.508 e. The van der Waals surface area contributed by atoms with E-state index in [1.54, 1.807) is 84.9 Å². The van der Waals surface area contributed by atoms with Crippen LogP contribution in [0.4, 0.5) is 0 Å². The number of aliphatic hydroxyl groups excluding tert-OH is 6. The molecule has 0 bridgehead atoms. The van der Waals surface area contributed by atoms with Crippen molar-refractivity contribution >= 4 is 43.4 Å². The van der Waals surface area contributed by atoms with Crippen molar-refractivity contribution in [3.05, 3.63) is 343 Å². The Hall–Kier alpha value is -18.2. The Labute approximate surface area is 809 Å². The van der Waals surface area contributed by atoms with Crippen LogP contribution in [0.3, 0.4) is 0 Å². The predicted molar refractivity (Wildman–Crippen MR) is 500 cm³/mol. The molecule has 3 aromatic heterocycles. The van der Waals surface area contributed by atoms with E-state index in [2.05, 4.69) is 9.69 Å². The average Bonchev–Trinajstić information content (AvgIpc) is 1.66. The fraction of sp³-hybridized carbons (Fsp3) is 0.289. The molecule has 3 aliphatic rings. The summed E-state index contributed by atoms with van der Waals surface area (Å²) in [7, 11) is 0. The smallest absolute Gasteiger partial charge is 0.336 e. The van der Waals surface area contributed by atoms with E-state index in [1.807, 2.05) is 0 Å². The summed E-state index contributed by atoms with van der Waals surface area (Å²) in [5, 5.41) is 126. The molecule has 0 saturated carbocycles. The average molecular weight is 1960 g/mol. The van der Waals surface area contributed by atoms with Crippen LogP contribution in [0.15, 0.2) is 230 Å². The van der Waals surface area contributed by atoms with Crippen molar-refractivity contribution in [2.75, 3.05) is 66.0 Å². The van der Waals surface area contributed by atoms with Crippen LogP contribution >= 0.6 is 0 Å². The number of aliphatic hydroxyl groups is 6. The van der Waals surface area contributed by atoms with Crippen LogP contribution in [-0.4, -0.2) is 223 Å². The molecule has 46 nitrogen and oxygen atoms in total. The van der Waals surface area contributed by atoms with Crippen LogP contribution in [0, 0.1) is 81.1 Å². The van der Waals surface area contributed by atoms with Crippen molar-refractivity contribution in [2.45, 2.75) is 114 Å². The van der Waals surface area contributed by atoms with Gasteiger partial charge in [-0.05, 0) is 168 Å². The Morgan fingerprint density at radius 1 is 0.322 bits per heavy atom. The first kappa shape index (κ1) is 108. The molecule has 3 aliphatic heterocycles. The van der Waals surface area contributed by atoms with Crippen LogP contribution in [-0.2, 0) is 73.1 Å². The number of allylic oxidation sites excluding steroid dienone is 3. The predicted octanol–water partition coefficient (Wildman–Crippen LogP) is 1.07. The molecule has 46 heteroatoms. The van der Waals surface area contributed by atoms with E-state index in [9.17, 15) is 93.0 Å². The lowest BCUT2D eigenvalue weighted by Gasteiger charge is -2.20. The molecule has 13 rings (SSSR count). The lowest BCUT2D eigenvalue weighted by atomic mass is 10.1. The van der Waals surface area contributed by atoms with Crippen LogP contribution < -0.4 is 79.6 Å². The fourth-order valence-corrected chi connectivity index (χ4v) is 12.6. The van der Waals surface area contributed by atoms with E-state index >= 15 is 0 Å². The second-order valence-electron chi connectivity index (χ2n) is 31.0. The van der Waals surface area contributed by atoms with Gasteiger partial charge in [-0.25, -0.2) is 101 Å². The van der Waals surface area contributed by atoms with Crippen LogP contribution in [0.25, 0.3) is 27.9 Å². The molecule has 0 spiro atoms. The standard InChI is InChI=1S/C42H33N9O9.C33H33N3O12.C12H15N3O6.C7H6O2.C3H2N2/c1-48-33(21-47)16-30-6-12-39(13-7-30)60-27-36(54)24-51-41(56)49(22-34(52)25-58-37-8-2-28(3-9-37)14-31(17-43)18-44)40(55)50(42(51)57)23-35(53)26-59-38-10-4-29(5-11-38)15-32(19-45)20-46;37-16-22-1-7-28(8-2-22)46-19-25(40)13-34-31(43)35(14-26(41)20-47-29-9-3-23(17-38)4-10-29)33(45)36(32(34)44)15-27(42)21-48-30-11-5-24(18-39)6-12-30;16-10-13(1-7-4-19-7)11(17)15(3-9-6-21-9)12(18)14(10)2-8-5-20-8;8-5-6-1-3-7(9)4-2-6;1-5-3-2-4/h2-16,34-36,52-54H,22-27H2;1-12,16-18,25-27,40-42H,13-15,19-21H2;7-9H,1-6H2;1-5,9H;3H2/b33-16+;;;;.